The molecule has 1 aliphatic carbocycles. The Morgan fingerprint density at radius 3 is 2.38 bits per heavy atom. The number of hydrogen-bond donors (Lipinski definition) is 4. The van der Waals surface area contributed by atoms with Gasteiger partial charge < -0.3 is 21.5 Å². The van der Waals surface area contributed by atoms with E-state index in [4.69, 9.17) is 5.73 Å². The van der Waals surface area contributed by atoms with Crippen molar-refractivity contribution in [1.29, 1.82) is 0 Å². The summed E-state index contributed by atoms with van der Waals surface area (Å²) in [6.45, 7) is 4.78. The van der Waals surface area contributed by atoms with Gasteiger partial charge in [-0.1, -0.05) is 54.6 Å². The molecule has 5 N–H and O–H groups in total. The summed E-state index contributed by atoms with van der Waals surface area (Å²) in [5, 5.41) is 16.2. The van der Waals surface area contributed by atoms with Crippen molar-refractivity contribution < 1.29 is 19.5 Å². The molecule has 0 saturated carbocycles. The average molecular weight is 506 g/mol. The van der Waals surface area contributed by atoms with E-state index >= 15 is 0 Å². The van der Waals surface area contributed by atoms with Gasteiger partial charge in [0, 0.05) is 17.3 Å². The van der Waals surface area contributed by atoms with Crippen LogP contribution < -0.4 is 16.4 Å². The summed E-state index contributed by atoms with van der Waals surface area (Å²) in [7, 11) is 0. The van der Waals surface area contributed by atoms with Gasteiger partial charge in [-0.2, -0.15) is 0 Å². The molecule has 2 aliphatic rings. The molecule has 3 atom stereocenters. The number of carbonyl (C=O) groups excluding carboxylic acids is 2. The van der Waals surface area contributed by atoms with E-state index < -0.39 is 34.8 Å². The molecule has 1 unspecified atom stereocenters. The van der Waals surface area contributed by atoms with Crippen LogP contribution >= 0.6 is 0 Å². The Bertz CT molecular complexity index is 1120. The quantitative estimate of drug-likeness (QED) is 0.393. The first-order valence-corrected chi connectivity index (χ1v) is 13.3. The zero-order valence-corrected chi connectivity index (χ0v) is 21.8. The molecule has 7 heteroatoms. The van der Waals surface area contributed by atoms with E-state index in [0.29, 0.717) is 12.8 Å². The number of rotatable bonds is 10. The first kappa shape index (κ1) is 27.0. The second-order valence-electron chi connectivity index (χ2n) is 11.2. The fraction of sp³-hybridized carbons (Fsp3) is 0.500. The largest absolute Gasteiger partial charge is 0.481 e. The van der Waals surface area contributed by atoms with E-state index in [0.717, 1.165) is 43.5 Å². The number of carboxylic acids is 1. The van der Waals surface area contributed by atoms with Crippen LogP contribution in [0.2, 0.25) is 0 Å². The number of aryl methyl sites for hydroxylation is 1. The number of piperidine rings is 1. The fourth-order valence-electron chi connectivity index (χ4n) is 6.35. The van der Waals surface area contributed by atoms with Crippen LogP contribution in [0.5, 0.6) is 0 Å². The molecule has 7 nitrogen and oxygen atoms in total. The Balaban J connectivity index is 1.69. The molecule has 1 heterocycles. The van der Waals surface area contributed by atoms with E-state index in [2.05, 4.69) is 28.8 Å². The van der Waals surface area contributed by atoms with E-state index in [9.17, 15) is 19.5 Å². The molecule has 0 bridgehead atoms. The lowest BCUT2D eigenvalue weighted by atomic mass is 9.64. The Kier molecular flexibility index (Phi) is 8.14. The zero-order chi connectivity index (χ0) is 26.6. The Morgan fingerprint density at radius 1 is 1.08 bits per heavy atom. The van der Waals surface area contributed by atoms with Crippen LogP contribution in [-0.4, -0.2) is 47.4 Å². The highest BCUT2D eigenvalue weighted by atomic mass is 16.4. The van der Waals surface area contributed by atoms with Gasteiger partial charge in [-0.25, -0.2) is 0 Å². The zero-order valence-electron chi connectivity index (χ0n) is 21.8. The first-order chi connectivity index (χ1) is 17.6. The molecule has 1 fully saturated rings. The van der Waals surface area contributed by atoms with Gasteiger partial charge in [0.15, 0.2) is 5.78 Å². The van der Waals surface area contributed by atoms with Gasteiger partial charge in [0.25, 0.3) is 0 Å². The van der Waals surface area contributed by atoms with Crippen LogP contribution in [0.25, 0.3) is 0 Å². The summed E-state index contributed by atoms with van der Waals surface area (Å²) in [6.07, 6.45) is 3.36. The minimum atomic E-state index is -1.14. The van der Waals surface area contributed by atoms with Crippen molar-refractivity contribution in [2.75, 3.05) is 13.1 Å². The Hall–Kier alpha value is -3.03. The van der Waals surface area contributed by atoms with Crippen LogP contribution in [0.4, 0.5) is 0 Å². The summed E-state index contributed by atoms with van der Waals surface area (Å²) in [4.78, 5) is 39.5. The third kappa shape index (κ3) is 5.78. The normalized spacial score (nSPS) is 21.3. The summed E-state index contributed by atoms with van der Waals surface area (Å²) in [5.74, 6) is -2.33. The van der Waals surface area contributed by atoms with Crippen molar-refractivity contribution in [3.63, 3.8) is 0 Å². The van der Waals surface area contributed by atoms with Crippen molar-refractivity contribution in [2.45, 2.75) is 75.3 Å². The Labute approximate surface area is 219 Å². The lowest BCUT2D eigenvalue weighted by Crippen LogP contribution is -2.57. The molecule has 1 amide bonds. The first-order valence-electron chi connectivity index (χ1n) is 13.3. The van der Waals surface area contributed by atoms with Crippen molar-refractivity contribution in [2.24, 2.45) is 11.7 Å². The van der Waals surface area contributed by atoms with E-state index in [1.165, 1.54) is 5.56 Å². The van der Waals surface area contributed by atoms with Crippen LogP contribution in [0.15, 0.2) is 54.6 Å². The second-order valence-corrected chi connectivity index (χ2v) is 11.2. The maximum Gasteiger partial charge on any atom is 0.303 e. The van der Waals surface area contributed by atoms with Crippen LogP contribution in [0.3, 0.4) is 0 Å². The van der Waals surface area contributed by atoms with Gasteiger partial charge in [-0.15, -0.1) is 0 Å². The van der Waals surface area contributed by atoms with Gasteiger partial charge in [-0.3, -0.25) is 14.4 Å². The molecule has 2 aromatic carbocycles. The highest BCUT2D eigenvalue weighted by molar-refractivity contribution is 5.95. The predicted molar refractivity (Wildman–Crippen MR) is 143 cm³/mol. The molecular weight excluding hydrogens is 466 g/mol. The lowest BCUT2D eigenvalue weighted by molar-refractivity contribution is -0.139. The van der Waals surface area contributed by atoms with Crippen LogP contribution in [0, 0.1) is 5.92 Å². The molecule has 0 aromatic heterocycles. The maximum atomic E-state index is 14.5. The number of carbonyl (C=O) groups is 3. The number of aliphatic carboxylic acids is 1. The third-order valence-electron chi connectivity index (χ3n) is 8.13. The number of ketones is 1. The van der Waals surface area contributed by atoms with Crippen molar-refractivity contribution in [3.8, 4) is 0 Å². The molecule has 2 aromatic rings. The van der Waals surface area contributed by atoms with Gasteiger partial charge in [0.05, 0.1) is 18.0 Å². The van der Waals surface area contributed by atoms with Crippen LogP contribution in [-0.2, 0) is 26.2 Å². The smallest absolute Gasteiger partial charge is 0.303 e. The van der Waals surface area contributed by atoms with Crippen LogP contribution in [0.1, 0.15) is 68.6 Å². The maximum absolute atomic E-state index is 14.5. The Morgan fingerprint density at radius 2 is 1.73 bits per heavy atom. The van der Waals surface area contributed by atoms with E-state index in [-0.39, 0.29) is 18.1 Å². The van der Waals surface area contributed by atoms with Gasteiger partial charge >= 0.3 is 5.97 Å². The van der Waals surface area contributed by atoms with E-state index in [1.807, 2.05) is 36.4 Å². The molecular formula is C30H39N3O4. The molecule has 0 radical (unpaired) electrons. The van der Waals surface area contributed by atoms with Gasteiger partial charge in [0.1, 0.15) is 0 Å². The summed E-state index contributed by atoms with van der Waals surface area (Å²) in [6, 6.07) is 17.3. The summed E-state index contributed by atoms with van der Waals surface area (Å²) < 4.78 is 0. The average Bonchev–Trinajstić information content (AvgIpc) is 3.11. The molecule has 37 heavy (non-hydrogen) atoms. The summed E-state index contributed by atoms with van der Waals surface area (Å²) >= 11 is 0. The summed E-state index contributed by atoms with van der Waals surface area (Å²) in [5.41, 5.74) is 7.73. The SMILES string of the molecule is CC(C)(N)C(=O)N[C@H](CCCc1ccccc1)C(=O)C1[C@H](CC(=O)O)c2ccccc2C12CCNCC2. The van der Waals surface area contributed by atoms with Gasteiger partial charge in [-0.05, 0) is 75.7 Å². The number of amides is 1. The molecule has 1 saturated heterocycles. The van der Waals surface area contributed by atoms with Crippen molar-refractivity contribution in [3.05, 3.63) is 71.3 Å². The predicted octanol–water partition coefficient (Wildman–Crippen LogP) is 3.31. The molecule has 1 spiro atoms. The number of benzene rings is 2. The third-order valence-corrected chi connectivity index (χ3v) is 8.13. The van der Waals surface area contributed by atoms with Gasteiger partial charge in [0.2, 0.25) is 5.91 Å². The molecule has 4 rings (SSSR count). The number of Topliss-reactive ketones (excluding diaryl/α,β-unsaturated/α-hetero) is 1. The van der Waals surface area contributed by atoms with E-state index in [1.54, 1.807) is 13.8 Å². The number of hydrogen-bond acceptors (Lipinski definition) is 5. The van der Waals surface area contributed by atoms with Crippen molar-refractivity contribution >= 4 is 17.7 Å². The highest BCUT2D eigenvalue weighted by Crippen LogP contribution is 2.56. The number of carboxylic acid groups (broad SMARTS) is 1. The topological polar surface area (TPSA) is 122 Å². The molecule has 1 aliphatic heterocycles. The highest BCUT2D eigenvalue weighted by Gasteiger charge is 2.56. The lowest BCUT2D eigenvalue weighted by Gasteiger charge is -2.42. The monoisotopic (exact) mass is 505 g/mol. The number of fused-ring (bicyclic) bond motifs is 2. The number of nitrogens with two attached hydrogens (primary N) is 1. The fourth-order valence-corrected chi connectivity index (χ4v) is 6.35. The van der Waals surface area contributed by atoms with Crippen molar-refractivity contribution in [1.82, 2.24) is 10.6 Å². The number of nitrogens with one attached hydrogen (secondary N) is 2. The minimum Gasteiger partial charge on any atom is -0.481 e. The second kappa shape index (κ2) is 11.2. The molecule has 198 valence electrons. The standard InChI is InChI=1S/C30H39N3O4/c1-29(2,31)28(37)33-24(14-8-11-20-9-4-3-5-10-20)27(36)26-22(19-25(34)35)21-12-6-7-13-23(21)30(26)15-17-32-18-16-30/h3-7,9-10,12-13,22,24,26,32H,8,11,14-19,31H2,1-2H3,(H,33,37)(H,34,35)/t22-,24-,26?/m1/s1. The minimum absolute atomic E-state index is 0.0741.